The summed E-state index contributed by atoms with van der Waals surface area (Å²) in [5.41, 5.74) is 0.786. The molecule has 0 spiro atoms. The minimum Gasteiger partial charge on any atom is -0.454 e. The summed E-state index contributed by atoms with van der Waals surface area (Å²) in [6.45, 7) is 0.622. The lowest BCUT2D eigenvalue weighted by molar-refractivity contribution is 0.174. The van der Waals surface area contributed by atoms with E-state index in [1.165, 1.54) is 10.4 Å². The Morgan fingerprint density at radius 2 is 2.00 bits per heavy atom. The van der Waals surface area contributed by atoms with Gasteiger partial charge in [0, 0.05) is 18.8 Å². The number of ether oxygens (including phenoxy) is 2. The van der Waals surface area contributed by atoms with Crippen LogP contribution in [-0.2, 0) is 10.0 Å². The van der Waals surface area contributed by atoms with Gasteiger partial charge in [-0.15, -0.1) is 0 Å². The monoisotopic (exact) mass is 332 g/mol. The number of benzene rings is 1. The smallest absolute Gasteiger partial charge is 0.243 e. The van der Waals surface area contributed by atoms with E-state index in [1.807, 2.05) is 18.2 Å². The topological polar surface area (TPSA) is 68.7 Å². The lowest BCUT2D eigenvalue weighted by Gasteiger charge is -2.23. The van der Waals surface area contributed by atoms with Crippen LogP contribution >= 0.6 is 0 Å². The summed E-state index contributed by atoms with van der Waals surface area (Å²) in [6.07, 6.45) is 3.30. The number of fused-ring (bicyclic) bond motifs is 1. The number of rotatable bonds is 3. The lowest BCUT2D eigenvalue weighted by Crippen LogP contribution is -2.31. The Morgan fingerprint density at radius 1 is 1.13 bits per heavy atom. The quantitative estimate of drug-likeness (QED) is 0.863. The fourth-order valence-corrected chi connectivity index (χ4v) is 4.75. The standard InChI is InChI=1S/C16H16N2O4S/c19-23(20,12-6-7-15-16(10-12)22-11-21-15)18-9-3-5-14(18)13-4-1-2-8-17-13/h1-2,4,6-8,10,14H,3,5,9,11H2/t14-/m0/s1. The van der Waals surface area contributed by atoms with Crippen molar-refractivity contribution < 1.29 is 17.9 Å². The van der Waals surface area contributed by atoms with Crippen LogP contribution in [0.4, 0.5) is 0 Å². The van der Waals surface area contributed by atoms with Crippen molar-refractivity contribution in [2.24, 2.45) is 0 Å². The van der Waals surface area contributed by atoms with Crippen LogP contribution in [0.15, 0.2) is 47.5 Å². The Kier molecular flexibility index (Phi) is 3.46. The average Bonchev–Trinajstić information content (AvgIpc) is 3.24. The van der Waals surface area contributed by atoms with Gasteiger partial charge in [-0.1, -0.05) is 6.07 Å². The van der Waals surface area contributed by atoms with Gasteiger partial charge in [0.1, 0.15) is 0 Å². The average molecular weight is 332 g/mol. The molecule has 0 unspecified atom stereocenters. The van der Waals surface area contributed by atoms with Crippen LogP contribution in [0, 0.1) is 0 Å². The van der Waals surface area contributed by atoms with Crippen LogP contribution in [-0.4, -0.2) is 31.0 Å². The van der Waals surface area contributed by atoms with Gasteiger partial charge < -0.3 is 9.47 Å². The van der Waals surface area contributed by atoms with Gasteiger partial charge in [0.25, 0.3) is 0 Å². The summed E-state index contributed by atoms with van der Waals surface area (Å²) < 4.78 is 38.1. The van der Waals surface area contributed by atoms with E-state index in [0.29, 0.717) is 18.0 Å². The second-order valence-corrected chi connectivity index (χ2v) is 7.43. The minimum atomic E-state index is -3.60. The Balaban J connectivity index is 1.70. The van der Waals surface area contributed by atoms with Crippen molar-refractivity contribution >= 4 is 10.0 Å². The van der Waals surface area contributed by atoms with Gasteiger partial charge in [-0.2, -0.15) is 4.31 Å². The molecule has 6 nitrogen and oxygen atoms in total. The van der Waals surface area contributed by atoms with Crippen molar-refractivity contribution in [3.8, 4) is 11.5 Å². The molecule has 2 aliphatic heterocycles. The first kappa shape index (κ1) is 14.5. The fourth-order valence-electron chi connectivity index (χ4n) is 3.07. The molecule has 3 heterocycles. The molecule has 7 heteroatoms. The number of hydrogen-bond acceptors (Lipinski definition) is 5. The molecule has 0 N–H and O–H groups in total. The largest absolute Gasteiger partial charge is 0.454 e. The normalized spacial score (nSPS) is 20.8. The summed E-state index contributed by atoms with van der Waals surface area (Å²) in [7, 11) is -3.60. The van der Waals surface area contributed by atoms with Crippen molar-refractivity contribution in [1.29, 1.82) is 0 Å². The van der Waals surface area contributed by atoms with Gasteiger partial charge in [0.15, 0.2) is 11.5 Å². The molecule has 0 aliphatic carbocycles. The van der Waals surface area contributed by atoms with E-state index in [4.69, 9.17) is 9.47 Å². The fraction of sp³-hybridized carbons (Fsp3) is 0.312. The van der Waals surface area contributed by atoms with Crippen molar-refractivity contribution in [2.45, 2.75) is 23.8 Å². The van der Waals surface area contributed by atoms with Crippen molar-refractivity contribution in [3.63, 3.8) is 0 Å². The summed E-state index contributed by atoms with van der Waals surface area (Å²) in [5, 5.41) is 0. The highest BCUT2D eigenvalue weighted by atomic mass is 32.2. The highest BCUT2D eigenvalue weighted by molar-refractivity contribution is 7.89. The zero-order chi connectivity index (χ0) is 15.9. The van der Waals surface area contributed by atoms with E-state index in [-0.39, 0.29) is 17.7 Å². The maximum Gasteiger partial charge on any atom is 0.243 e. The number of sulfonamides is 1. The van der Waals surface area contributed by atoms with Gasteiger partial charge in [0.05, 0.1) is 16.6 Å². The van der Waals surface area contributed by atoms with Crippen LogP contribution in [0.5, 0.6) is 11.5 Å². The zero-order valence-electron chi connectivity index (χ0n) is 12.4. The summed E-state index contributed by atoms with van der Waals surface area (Å²) >= 11 is 0. The number of hydrogen-bond donors (Lipinski definition) is 0. The summed E-state index contributed by atoms with van der Waals surface area (Å²) in [4.78, 5) is 4.55. The van der Waals surface area contributed by atoms with Crippen LogP contribution in [0.3, 0.4) is 0 Å². The van der Waals surface area contributed by atoms with E-state index >= 15 is 0 Å². The summed E-state index contributed by atoms with van der Waals surface area (Å²) in [6, 6.07) is 10.1. The van der Waals surface area contributed by atoms with Crippen LogP contribution < -0.4 is 9.47 Å². The van der Waals surface area contributed by atoms with E-state index in [2.05, 4.69) is 4.98 Å². The molecule has 0 bridgehead atoms. The Hall–Kier alpha value is -2.12. The maximum absolute atomic E-state index is 13.0. The van der Waals surface area contributed by atoms with Crippen LogP contribution in [0.25, 0.3) is 0 Å². The SMILES string of the molecule is O=S(=O)(c1ccc2c(c1)OCO2)N1CCC[C@H]1c1ccccn1. The predicted octanol–water partition coefficient (Wildman–Crippen LogP) is 2.34. The van der Waals surface area contributed by atoms with Gasteiger partial charge in [-0.3, -0.25) is 4.98 Å². The van der Waals surface area contributed by atoms with Crippen molar-refractivity contribution in [2.75, 3.05) is 13.3 Å². The van der Waals surface area contributed by atoms with E-state index < -0.39 is 10.0 Å². The minimum absolute atomic E-state index is 0.124. The molecule has 1 saturated heterocycles. The number of pyridine rings is 1. The van der Waals surface area contributed by atoms with Gasteiger partial charge >= 0.3 is 0 Å². The third-order valence-electron chi connectivity index (χ3n) is 4.18. The van der Waals surface area contributed by atoms with Crippen molar-refractivity contribution in [1.82, 2.24) is 9.29 Å². The third kappa shape index (κ3) is 2.46. The first-order valence-electron chi connectivity index (χ1n) is 7.49. The van der Waals surface area contributed by atoms with Gasteiger partial charge in [-0.25, -0.2) is 8.42 Å². The lowest BCUT2D eigenvalue weighted by atomic mass is 10.1. The molecule has 2 aromatic rings. The molecule has 0 amide bonds. The van der Waals surface area contributed by atoms with E-state index in [1.54, 1.807) is 18.3 Å². The van der Waals surface area contributed by atoms with Crippen molar-refractivity contribution in [3.05, 3.63) is 48.3 Å². The Morgan fingerprint density at radius 3 is 2.83 bits per heavy atom. The molecule has 0 saturated carbocycles. The molecule has 2 aliphatic rings. The molecule has 120 valence electrons. The Bertz CT molecular complexity index is 823. The second-order valence-electron chi connectivity index (χ2n) is 5.54. The molecule has 0 radical (unpaired) electrons. The molecular formula is C16H16N2O4S. The summed E-state index contributed by atoms with van der Waals surface area (Å²) in [5.74, 6) is 1.05. The molecule has 4 rings (SSSR count). The van der Waals surface area contributed by atoms with Crippen LogP contribution in [0.2, 0.25) is 0 Å². The highest BCUT2D eigenvalue weighted by Gasteiger charge is 2.37. The number of aromatic nitrogens is 1. The number of nitrogens with zero attached hydrogens (tertiary/aromatic N) is 2. The molecule has 1 aromatic heterocycles. The molecule has 1 fully saturated rings. The molecule has 1 atom stereocenters. The first-order valence-corrected chi connectivity index (χ1v) is 8.93. The van der Waals surface area contributed by atoms with Gasteiger partial charge in [0.2, 0.25) is 16.8 Å². The molecule has 1 aromatic carbocycles. The Labute approximate surface area is 134 Å². The van der Waals surface area contributed by atoms with E-state index in [0.717, 1.165) is 18.5 Å². The third-order valence-corrected chi connectivity index (χ3v) is 6.09. The van der Waals surface area contributed by atoms with E-state index in [9.17, 15) is 8.42 Å². The second kappa shape index (κ2) is 5.50. The maximum atomic E-state index is 13.0. The van der Waals surface area contributed by atoms with Gasteiger partial charge in [-0.05, 0) is 37.1 Å². The van der Waals surface area contributed by atoms with Crippen LogP contribution in [0.1, 0.15) is 24.6 Å². The predicted molar refractivity (Wildman–Crippen MR) is 82.7 cm³/mol. The zero-order valence-corrected chi connectivity index (χ0v) is 13.2. The molecule has 23 heavy (non-hydrogen) atoms. The highest BCUT2D eigenvalue weighted by Crippen LogP contribution is 2.39. The first-order chi connectivity index (χ1) is 11.2. The molecular weight excluding hydrogens is 316 g/mol.